The molecular formula is C20H26BrCl2N3. The number of hydrogen-bond acceptors (Lipinski definition) is 2. The lowest BCUT2D eigenvalue weighted by Gasteiger charge is -2.25. The Bertz CT molecular complexity index is 787. The average Bonchev–Trinajstić information content (AvgIpc) is 2.90. The van der Waals surface area contributed by atoms with Crippen LogP contribution in [0.4, 0.5) is 0 Å². The summed E-state index contributed by atoms with van der Waals surface area (Å²) in [5.41, 5.74) is 6.57. The largest absolute Gasteiger partial charge is 0.314 e. The molecule has 0 N–H and O–H groups in total. The van der Waals surface area contributed by atoms with E-state index in [1.807, 2.05) is 0 Å². The maximum atomic E-state index is 4.97. The van der Waals surface area contributed by atoms with Crippen molar-refractivity contribution >= 4 is 58.2 Å². The Kier molecular flexibility index (Phi) is 7.37. The second-order valence-electron chi connectivity index (χ2n) is 7.18. The predicted molar refractivity (Wildman–Crippen MR) is 120 cm³/mol. The number of hydrogen-bond donors (Lipinski definition) is 0. The van der Waals surface area contributed by atoms with Crippen LogP contribution >= 0.6 is 40.7 Å². The van der Waals surface area contributed by atoms with Crippen molar-refractivity contribution in [3.05, 3.63) is 45.9 Å². The van der Waals surface area contributed by atoms with E-state index in [4.69, 9.17) is 4.99 Å². The van der Waals surface area contributed by atoms with Crippen molar-refractivity contribution in [2.75, 3.05) is 20.6 Å². The molecule has 3 aliphatic rings. The van der Waals surface area contributed by atoms with Gasteiger partial charge in [0.15, 0.2) is 0 Å². The highest BCUT2D eigenvalue weighted by Crippen LogP contribution is 2.43. The third-order valence-electron chi connectivity index (χ3n) is 5.20. The van der Waals surface area contributed by atoms with Crippen LogP contribution in [-0.2, 0) is 6.42 Å². The SMILES string of the molecule is CN(C)CCCC1CC=C(Br)C2=C1N=CC1=CCCc3ccn2c31.Cl.Cl. The van der Waals surface area contributed by atoms with Crippen molar-refractivity contribution in [1.82, 2.24) is 9.47 Å². The van der Waals surface area contributed by atoms with E-state index in [1.54, 1.807) is 0 Å². The van der Waals surface area contributed by atoms with Crippen molar-refractivity contribution in [3.63, 3.8) is 0 Å². The lowest BCUT2D eigenvalue weighted by molar-refractivity contribution is 0.376. The summed E-state index contributed by atoms with van der Waals surface area (Å²) < 4.78 is 3.55. The summed E-state index contributed by atoms with van der Waals surface area (Å²) in [4.78, 5) is 7.23. The minimum absolute atomic E-state index is 0. The molecule has 1 unspecified atom stereocenters. The number of aliphatic imine (C=N–C) groups is 1. The van der Waals surface area contributed by atoms with Gasteiger partial charge in [0.25, 0.3) is 0 Å². The van der Waals surface area contributed by atoms with Crippen LogP contribution in [0.5, 0.6) is 0 Å². The third-order valence-corrected chi connectivity index (χ3v) is 5.90. The van der Waals surface area contributed by atoms with Crippen molar-refractivity contribution in [1.29, 1.82) is 0 Å². The van der Waals surface area contributed by atoms with Gasteiger partial charge >= 0.3 is 0 Å². The van der Waals surface area contributed by atoms with E-state index in [0.29, 0.717) is 5.92 Å². The molecule has 1 aromatic rings. The average molecular weight is 459 g/mol. The van der Waals surface area contributed by atoms with Crippen LogP contribution in [-0.4, -0.2) is 36.3 Å². The van der Waals surface area contributed by atoms with Crippen LogP contribution in [0.3, 0.4) is 0 Å². The molecule has 0 bridgehead atoms. The molecule has 142 valence electrons. The van der Waals surface area contributed by atoms with E-state index in [2.05, 4.69) is 70.1 Å². The number of allylic oxidation sites excluding steroid dienone is 6. The Labute approximate surface area is 176 Å². The topological polar surface area (TPSA) is 20.5 Å². The van der Waals surface area contributed by atoms with Gasteiger partial charge in [0.2, 0.25) is 0 Å². The van der Waals surface area contributed by atoms with Crippen molar-refractivity contribution in [3.8, 4) is 0 Å². The van der Waals surface area contributed by atoms with E-state index in [9.17, 15) is 0 Å². The first-order valence-corrected chi connectivity index (χ1v) is 9.64. The fraction of sp³-hybridized carbons (Fsp3) is 0.450. The molecule has 0 saturated carbocycles. The summed E-state index contributed by atoms with van der Waals surface area (Å²) in [5.74, 6) is 0.510. The van der Waals surface area contributed by atoms with Gasteiger partial charge in [0.05, 0.1) is 17.1 Å². The van der Waals surface area contributed by atoms with E-state index in [1.165, 1.54) is 45.5 Å². The standard InChI is InChI=1S/C20H24BrN3.2ClH/c1-23(2)11-4-7-14-8-9-17(21)20-18(14)22-13-16-6-3-5-15-10-12-24(20)19(15)16;;/h6,9-10,12-14H,3-5,7-8,11H2,1-2H3;2*1H. The number of fused-ring (bicyclic) bond motifs is 1. The van der Waals surface area contributed by atoms with Crippen LogP contribution in [0, 0.1) is 5.92 Å². The molecule has 0 aromatic carbocycles. The summed E-state index contributed by atoms with van der Waals surface area (Å²) in [7, 11) is 4.29. The van der Waals surface area contributed by atoms with E-state index in [-0.39, 0.29) is 24.8 Å². The fourth-order valence-corrected chi connectivity index (χ4v) is 4.58. The molecule has 0 spiro atoms. The summed E-state index contributed by atoms with van der Waals surface area (Å²) >= 11 is 3.80. The quantitative estimate of drug-likeness (QED) is 0.578. The summed E-state index contributed by atoms with van der Waals surface area (Å²) in [6.45, 7) is 1.14. The van der Waals surface area contributed by atoms with Crippen LogP contribution in [0.15, 0.2) is 39.6 Å². The van der Waals surface area contributed by atoms with E-state index >= 15 is 0 Å². The van der Waals surface area contributed by atoms with Crippen molar-refractivity contribution in [2.45, 2.75) is 32.1 Å². The Morgan fingerprint density at radius 3 is 2.85 bits per heavy atom. The Hall–Kier alpha value is -0.810. The fourth-order valence-electron chi connectivity index (χ4n) is 4.00. The van der Waals surface area contributed by atoms with Gasteiger partial charge in [-0.3, -0.25) is 4.99 Å². The van der Waals surface area contributed by atoms with Gasteiger partial charge in [-0.2, -0.15) is 0 Å². The Morgan fingerprint density at radius 2 is 2.08 bits per heavy atom. The number of rotatable bonds is 4. The minimum Gasteiger partial charge on any atom is -0.314 e. The molecule has 0 fully saturated rings. The highest BCUT2D eigenvalue weighted by Gasteiger charge is 2.29. The Morgan fingerprint density at radius 1 is 1.27 bits per heavy atom. The van der Waals surface area contributed by atoms with Gasteiger partial charge in [-0.15, -0.1) is 24.8 Å². The summed E-state index contributed by atoms with van der Waals surface area (Å²) in [5, 5.41) is 0. The predicted octanol–water partition coefficient (Wildman–Crippen LogP) is 5.55. The van der Waals surface area contributed by atoms with Crippen LogP contribution < -0.4 is 0 Å². The molecule has 1 aliphatic heterocycles. The van der Waals surface area contributed by atoms with E-state index < -0.39 is 0 Å². The first-order valence-electron chi connectivity index (χ1n) is 8.85. The second-order valence-corrected chi connectivity index (χ2v) is 8.03. The normalized spacial score (nSPS) is 20.4. The lowest BCUT2D eigenvalue weighted by atomic mass is 9.90. The maximum absolute atomic E-state index is 4.97. The second kappa shape index (κ2) is 8.92. The minimum atomic E-state index is 0. The van der Waals surface area contributed by atoms with Crippen LogP contribution in [0.1, 0.15) is 36.9 Å². The molecule has 0 amide bonds. The molecule has 0 radical (unpaired) electrons. The monoisotopic (exact) mass is 457 g/mol. The van der Waals surface area contributed by atoms with Gasteiger partial charge in [-0.1, -0.05) is 12.2 Å². The Balaban J connectivity index is 0.00000121. The molecular weight excluding hydrogens is 433 g/mol. The van der Waals surface area contributed by atoms with Gasteiger partial charge < -0.3 is 9.47 Å². The molecule has 2 aliphatic carbocycles. The number of aryl methyl sites for hydroxylation is 1. The van der Waals surface area contributed by atoms with Crippen molar-refractivity contribution < 1.29 is 0 Å². The maximum Gasteiger partial charge on any atom is 0.0814 e. The lowest BCUT2D eigenvalue weighted by Crippen LogP contribution is -2.17. The van der Waals surface area contributed by atoms with Gasteiger partial charge in [0.1, 0.15) is 0 Å². The molecule has 1 aromatic heterocycles. The molecule has 4 rings (SSSR count). The number of aromatic nitrogens is 1. The molecule has 26 heavy (non-hydrogen) atoms. The number of nitrogens with zero attached hydrogens (tertiary/aromatic N) is 3. The molecule has 6 heteroatoms. The van der Waals surface area contributed by atoms with Gasteiger partial charge in [-0.25, -0.2) is 0 Å². The summed E-state index contributed by atoms with van der Waals surface area (Å²) in [6.07, 6.45) is 14.7. The van der Waals surface area contributed by atoms with Crippen molar-refractivity contribution in [2.24, 2.45) is 10.9 Å². The van der Waals surface area contributed by atoms with Crippen LogP contribution in [0.25, 0.3) is 11.3 Å². The zero-order chi connectivity index (χ0) is 16.7. The molecule has 3 nitrogen and oxygen atoms in total. The molecule has 1 atom stereocenters. The number of halogens is 3. The first kappa shape index (κ1) is 21.5. The zero-order valence-electron chi connectivity index (χ0n) is 15.2. The van der Waals surface area contributed by atoms with Gasteiger partial charge in [-0.05, 0) is 80.3 Å². The summed E-state index contributed by atoms with van der Waals surface area (Å²) in [6, 6.07) is 2.28. The highest BCUT2D eigenvalue weighted by atomic mass is 79.9. The van der Waals surface area contributed by atoms with E-state index in [0.717, 1.165) is 25.8 Å². The zero-order valence-corrected chi connectivity index (χ0v) is 18.5. The van der Waals surface area contributed by atoms with Crippen LogP contribution in [0.2, 0.25) is 0 Å². The molecule has 2 heterocycles. The first-order chi connectivity index (χ1) is 11.6. The molecule has 0 saturated heterocycles. The smallest absolute Gasteiger partial charge is 0.0814 e. The highest BCUT2D eigenvalue weighted by molar-refractivity contribution is 9.12. The third kappa shape index (κ3) is 3.89. The van der Waals surface area contributed by atoms with Gasteiger partial charge in [0, 0.05) is 28.4 Å².